The summed E-state index contributed by atoms with van der Waals surface area (Å²) in [4.78, 5) is 3.00. The van der Waals surface area contributed by atoms with E-state index in [4.69, 9.17) is 17.0 Å². The van der Waals surface area contributed by atoms with Crippen molar-refractivity contribution >= 4 is 28.6 Å². The van der Waals surface area contributed by atoms with Crippen LogP contribution in [-0.2, 0) is 0 Å². The molecular weight excluding hydrogens is 256 g/mol. The minimum absolute atomic E-state index is 0.683. The highest BCUT2D eigenvalue weighted by Gasteiger charge is 2.20. The lowest BCUT2D eigenvalue weighted by atomic mass is 10.1. The molecule has 19 heavy (non-hydrogen) atoms. The van der Waals surface area contributed by atoms with Crippen molar-refractivity contribution in [3.8, 4) is 5.75 Å². The molecule has 0 atom stereocenters. The zero-order chi connectivity index (χ0) is 13.2. The molecule has 0 saturated heterocycles. The molecule has 0 radical (unpaired) electrons. The normalized spacial score (nSPS) is 13.7. The third-order valence-corrected chi connectivity index (χ3v) is 3.59. The zero-order valence-electron chi connectivity index (χ0n) is 10.6. The molecule has 0 fully saturated rings. The highest BCUT2D eigenvalue weighted by atomic mass is 32.1. The summed E-state index contributed by atoms with van der Waals surface area (Å²) in [7, 11) is 1.67. The molecule has 3 nitrogen and oxygen atoms in total. The van der Waals surface area contributed by atoms with Crippen LogP contribution in [0.3, 0.4) is 0 Å². The Morgan fingerprint density at radius 2 is 1.84 bits per heavy atom. The van der Waals surface area contributed by atoms with Gasteiger partial charge in [0, 0.05) is 11.3 Å². The number of fused-ring (bicyclic) bond motifs is 1. The summed E-state index contributed by atoms with van der Waals surface area (Å²) in [6, 6.07) is 16.2. The molecule has 0 aliphatic carbocycles. The van der Waals surface area contributed by atoms with E-state index < -0.39 is 0 Å². The minimum atomic E-state index is 0.683. The van der Waals surface area contributed by atoms with Gasteiger partial charge in [0.2, 0.25) is 0 Å². The maximum absolute atomic E-state index is 5.35. The number of thiocarbonyl (C=S) groups is 1. The number of nitrogens with zero attached hydrogens (tertiary/aromatic N) is 1. The number of para-hydroxylation sites is 1. The van der Waals surface area contributed by atoms with E-state index in [1.54, 1.807) is 7.11 Å². The van der Waals surface area contributed by atoms with E-state index in [0.717, 1.165) is 27.7 Å². The average Bonchev–Trinajstić information content (AvgIpc) is 2.48. The van der Waals surface area contributed by atoms with Crippen molar-refractivity contribution in [1.29, 1.82) is 0 Å². The Morgan fingerprint density at radius 1 is 1.11 bits per heavy atom. The summed E-state index contributed by atoms with van der Waals surface area (Å²) < 4.78 is 5.19. The Labute approximate surface area is 117 Å². The van der Waals surface area contributed by atoms with Gasteiger partial charge in [0.05, 0.1) is 19.5 Å². The predicted octanol–water partition coefficient (Wildman–Crippen LogP) is 3.07. The highest BCUT2D eigenvalue weighted by molar-refractivity contribution is 7.80. The monoisotopic (exact) mass is 270 g/mol. The van der Waals surface area contributed by atoms with E-state index in [0.29, 0.717) is 6.67 Å². The predicted molar refractivity (Wildman–Crippen MR) is 81.3 cm³/mol. The molecule has 0 amide bonds. The molecule has 0 aromatic heterocycles. The summed E-state index contributed by atoms with van der Waals surface area (Å²) in [6.45, 7) is 0.683. The molecule has 96 valence electrons. The summed E-state index contributed by atoms with van der Waals surface area (Å²) in [5.74, 6) is 0.859. The third kappa shape index (κ3) is 2.15. The number of benzene rings is 2. The second-order valence-corrected chi connectivity index (χ2v) is 4.72. The highest BCUT2D eigenvalue weighted by Crippen LogP contribution is 2.31. The van der Waals surface area contributed by atoms with Gasteiger partial charge in [-0.05, 0) is 36.4 Å². The summed E-state index contributed by atoms with van der Waals surface area (Å²) >= 11 is 5.35. The Hall–Kier alpha value is -2.07. The molecule has 1 N–H and O–H groups in total. The fourth-order valence-electron chi connectivity index (χ4n) is 2.22. The van der Waals surface area contributed by atoms with Crippen molar-refractivity contribution in [3.05, 3.63) is 54.1 Å². The van der Waals surface area contributed by atoms with Crippen LogP contribution in [0.2, 0.25) is 0 Å². The van der Waals surface area contributed by atoms with Gasteiger partial charge in [-0.1, -0.05) is 24.4 Å². The maximum Gasteiger partial charge on any atom is 0.119 e. The molecule has 2 aromatic rings. The Balaban J connectivity index is 2.01. The Kier molecular flexibility index (Phi) is 3.09. The van der Waals surface area contributed by atoms with Crippen molar-refractivity contribution < 1.29 is 4.74 Å². The quantitative estimate of drug-likeness (QED) is 0.848. The lowest BCUT2D eigenvalue weighted by Crippen LogP contribution is -2.40. The first-order chi connectivity index (χ1) is 9.29. The van der Waals surface area contributed by atoms with Crippen LogP contribution in [0, 0.1) is 0 Å². The largest absolute Gasteiger partial charge is 0.497 e. The maximum atomic E-state index is 5.35. The second-order valence-electron chi connectivity index (χ2n) is 4.31. The van der Waals surface area contributed by atoms with Crippen molar-refractivity contribution in [2.45, 2.75) is 0 Å². The standard InChI is InChI=1S/C15H14N2OS/c1-18-12-8-6-11(7-9-12)17-10-16-15(19)13-4-2-3-5-14(13)17/h2-9H,10H2,1H3,(H,16,19). The summed E-state index contributed by atoms with van der Waals surface area (Å²) in [6.07, 6.45) is 0. The number of methoxy groups -OCH3 is 1. The van der Waals surface area contributed by atoms with Crippen LogP contribution >= 0.6 is 12.2 Å². The number of hydrogen-bond acceptors (Lipinski definition) is 3. The molecule has 0 unspecified atom stereocenters. The van der Waals surface area contributed by atoms with Gasteiger partial charge in [-0.3, -0.25) is 0 Å². The minimum Gasteiger partial charge on any atom is -0.497 e. The number of anilines is 2. The second kappa shape index (κ2) is 4.90. The van der Waals surface area contributed by atoms with Crippen LogP contribution in [-0.4, -0.2) is 18.8 Å². The molecule has 1 aliphatic heterocycles. The number of nitrogens with one attached hydrogen (secondary N) is 1. The molecule has 2 aromatic carbocycles. The third-order valence-electron chi connectivity index (χ3n) is 3.22. The van der Waals surface area contributed by atoms with E-state index in [9.17, 15) is 0 Å². The summed E-state index contributed by atoms with van der Waals surface area (Å²) in [5, 5.41) is 3.24. The van der Waals surface area contributed by atoms with Crippen LogP contribution in [0.15, 0.2) is 48.5 Å². The van der Waals surface area contributed by atoms with Gasteiger partial charge < -0.3 is 15.0 Å². The first-order valence-electron chi connectivity index (χ1n) is 6.08. The molecule has 1 heterocycles. The van der Waals surface area contributed by atoms with Crippen molar-refractivity contribution in [2.75, 3.05) is 18.7 Å². The van der Waals surface area contributed by atoms with E-state index in [-0.39, 0.29) is 0 Å². The van der Waals surface area contributed by atoms with Gasteiger partial charge in [-0.15, -0.1) is 0 Å². The van der Waals surface area contributed by atoms with Gasteiger partial charge >= 0.3 is 0 Å². The number of hydrogen-bond donors (Lipinski definition) is 1. The first-order valence-corrected chi connectivity index (χ1v) is 6.49. The number of ether oxygens (including phenoxy) is 1. The lowest BCUT2D eigenvalue weighted by molar-refractivity contribution is 0.415. The first kappa shape index (κ1) is 12.0. The summed E-state index contributed by atoms with van der Waals surface area (Å²) in [5.41, 5.74) is 3.32. The average molecular weight is 270 g/mol. The van der Waals surface area contributed by atoms with Gasteiger partial charge in [0.15, 0.2) is 0 Å². The van der Waals surface area contributed by atoms with Crippen LogP contribution in [0.25, 0.3) is 0 Å². The van der Waals surface area contributed by atoms with Gasteiger partial charge in [-0.25, -0.2) is 0 Å². The molecule has 4 heteroatoms. The van der Waals surface area contributed by atoms with Crippen LogP contribution in [0.4, 0.5) is 11.4 Å². The SMILES string of the molecule is COc1ccc(N2CNC(=S)c3ccccc32)cc1. The van der Waals surface area contributed by atoms with Crippen molar-refractivity contribution in [2.24, 2.45) is 0 Å². The van der Waals surface area contributed by atoms with Gasteiger partial charge in [0.25, 0.3) is 0 Å². The van der Waals surface area contributed by atoms with E-state index >= 15 is 0 Å². The lowest BCUT2D eigenvalue weighted by Gasteiger charge is -2.32. The van der Waals surface area contributed by atoms with Crippen molar-refractivity contribution in [1.82, 2.24) is 5.32 Å². The van der Waals surface area contributed by atoms with E-state index in [1.807, 2.05) is 42.5 Å². The molecule has 3 rings (SSSR count). The topological polar surface area (TPSA) is 24.5 Å². The fourth-order valence-corrected chi connectivity index (χ4v) is 2.46. The Bertz CT molecular complexity index is 610. The molecule has 1 aliphatic rings. The smallest absolute Gasteiger partial charge is 0.119 e. The molecule has 0 bridgehead atoms. The van der Waals surface area contributed by atoms with E-state index in [1.165, 1.54) is 0 Å². The Morgan fingerprint density at radius 3 is 2.58 bits per heavy atom. The van der Waals surface area contributed by atoms with Crippen LogP contribution in [0.5, 0.6) is 5.75 Å². The van der Waals surface area contributed by atoms with Gasteiger partial charge in [-0.2, -0.15) is 0 Å². The van der Waals surface area contributed by atoms with Crippen LogP contribution < -0.4 is 15.0 Å². The fraction of sp³-hybridized carbons (Fsp3) is 0.133. The zero-order valence-corrected chi connectivity index (χ0v) is 11.4. The molecular formula is C15H14N2OS. The van der Waals surface area contributed by atoms with Gasteiger partial charge in [0.1, 0.15) is 10.7 Å². The number of rotatable bonds is 2. The molecule has 0 saturated carbocycles. The van der Waals surface area contributed by atoms with Crippen molar-refractivity contribution in [3.63, 3.8) is 0 Å². The molecule has 0 spiro atoms. The van der Waals surface area contributed by atoms with Crippen LogP contribution in [0.1, 0.15) is 5.56 Å². The van der Waals surface area contributed by atoms with E-state index in [2.05, 4.69) is 16.3 Å².